The Bertz CT molecular complexity index is 341. The zero-order valence-corrected chi connectivity index (χ0v) is 7.85. The second kappa shape index (κ2) is 3.51. The summed E-state index contributed by atoms with van der Waals surface area (Å²) < 4.78 is 5.04. The molecule has 62 valence electrons. The van der Waals surface area contributed by atoms with Crippen LogP contribution in [0.15, 0.2) is 17.0 Å². The van der Waals surface area contributed by atoms with E-state index in [2.05, 4.69) is 18.7 Å². The Morgan fingerprint density at radius 2 is 2.17 bits per heavy atom. The molecule has 0 amide bonds. The Morgan fingerprint density at radius 3 is 2.67 bits per heavy atom. The highest BCUT2D eigenvalue weighted by molar-refractivity contribution is 7.80. The lowest BCUT2D eigenvalue weighted by Gasteiger charge is -2.05. The van der Waals surface area contributed by atoms with Gasteiger partial charge in [0.05, 0.1) is 17.6 Å². The molecule has 0 aromatic heterocycles. The molecule has 0 spiro atoms. The Balaban J connectivity index is 3.34. The third-order valence-electron chi connectivity index (χ3n) is 1.56. The average Bonchev–Trinajstić information content (AvgIpc) is 2.08. The van der Waals surface area contributed by atoms with Gasteiger partial charge in [0.1, 0.15) is 11.8 Å². The minimum absolute atomic E-state index is 0.551. The summed E-state index contributed by atoms with van der Waals surface area (Å²) >= 11 is 4.17. The summed E-state index contributed by atoms with van der Waals surface area (Å²) in [6, 6.07) is 5.69. The van der Waals surface area contributed by atoms with Crippen molar-refractivity contribution >= 4 is 12.6 Å². The van der Waals surface area contributed by atoms with Crippen LogP contribution in [-0.4, -0.2) is 7.11 Å². The van der Waals surface area contributed by atoms with E-state index in [1.165, 1.54) is 0 Å². The van der Waals surface area contributed by atoms with E-state index in [-0.39, 0.29) is 0 Å². The maximum Gasteiger partial charge on any atom is 0.133 e. The molecule has 0 bridgehead atoms. The number of ether oxygens (including phenoxy) is 1. The fourth-order valence-corrected chi connectivity index (χ4v) is 1.26. The molecule has 2 nitrogen and oxygen atoms in total. The molecule has 1 aromatic carbocycles. The number of benzene rings is 1. The summed E-state index contributed by atoms with van der Waals surface area (Å²) in [4.78, 5) is 0.602. The van der Waals surface area contributed by atoms with Crippen LogP contribution in [0, 0.1) is 18.3 Å². The zero-order chi connectivity index (χ0) is 9.14. The van der Waals surface area contributed by atoms with E-state index >= 15 is 0 Å². The summed E-state index contributed by atoms with van der Waals surface area (Å²) in [5, 5.41) is 8.71. The van der Waals surface area contributed by atoms with Crippen LogP contribution in [0.2, 0.25) is 0 Å². The van der Waals surface area contributed by atoms with E-state index in [9.17, 15) is 0 Å². The fraction of sp³-hybridized carbons (Fsp3) is 0.222. The summed E-state index contributed by atoms with van der Waals surface area (Å²) in [6.07, 6.45) is 0. The van der Waals surface area contributed by atoms with Crippen LogP contribution in [0.1, 0.15) is 11.1 Å². The molecule has 0 aliphatic rings. The molecular formula is C9H9NOS. The first-order valence-electron chi connectivity index (χ1n) is 3.46. The lowest BCUT2D eigenvalue weighted by Crippen LogP contribution is -1.89. The normalized spacial score (nSPS) is 9.17. The third-order valence-corrected chi connectivity index (χ3v) is 2.02. The van der Waals surface area contributed by atoms with Gasteiger partial charge in [0.15, 0.2) is 0 Å². The molecule has 0 saturated carbocycles. The van der Waals surface area contributed by atoms with Crippen molar-refractivity contribution in [1.82, 2.24) is 0 Å². The smallest absolute Gasteiger partial charge is 0.133 e. The highest BCUT2D eigenvalue weighted by atomic mass is 32.1. The molecule has 12 heavy (non-hydrogen) atoms. The van der Waals surface area contributed by atoms with Crippen molar-refractivity contribution in [2.45, 2.75) is 11.8 Å². The molecule has 0 fully saturated rings. The number of nitrogens with zero attached hydrogens (tertiary/aromatic N) is 1. The maximum atomic E-state index is 8.71. The number of thiol groups is 1. The Kier molecular flexibility index (Phi) is 2.61. The monoisotopic (exact) mass is 179 g/mol. The minimum atomic E-state index is 0.551. The topological polar surface area (TPSA) is 33.0 Å². The Labute approximate surface area is 77.2 Å². The molecule has 0 N–H and O–H groups in total. The second-order valence-corrected chi connectivity index (χ2v) is 2.92. The van der Waals surface area contributed by atoms with Crippen molar-refractivity contribution in [3.8, 4) is 11.8 Å². The molecule has 1 aromatic rings. The van der Waals surface area contributed by atoms with E-state index in [1.54, 1.807) is 13.2 Å². The van der Waals surface area contributed by atoms with Crippen LogP contribution >= 0.6 is 12.6 Å². The standard InChI is InChI=1S/C9H9NOS/c1-6-3-7(5-10)9(12)8(4-6)11-2/h3-4,12H,1-2H3. The van der Waals surface area contributed by atoms with Crippen molar-refractivity contribution in [1.29, 1.82) is 5.26 Å². The Morgan fingerprint density at radius 1 is 1.50 bits per heavy atom. The quantitative estimate of drug-likeness (QED) is 0.670. The molecule has 0 aliphatic carbocycles. The first-order chi connectivity index (χ1) is 5.69. The van der Waals surface area contributed by atoms with Gasteiger partial charge < -0.3 is 4.74 Å². The summed E-state index contributed by atoms with van der Waals surface area (Å²) in [7, 11) is 1.57. The van der Waals surface area contributed by atoms with Gasteiger partial charge in [-0.15, -0.1) is 12.6 Å². The number of methoxy groups -OCH3 is 1. The van der Waals surface area contributed by atoms with Gasteiger partial charge in [-0.25, -0.2) is 0 Å². The first-order valence-corrected chi connectivity index (χ1v) is 3.91. The number of nitriles is 1. The van der Waals surface area contributed by atoms with Crippen LogP contribution < -0.4 is 4.74 Å². The molecule has 0 atom stereocenters. The van der Waals surface area contributed by atoms with Gasteiger partial charge in [0.2, 0.25) is 0 Å². The summed E-state index contributed by atoms with van der Waals surface area (Å²) in [5.74, 6) is 0.648. The molecule has 3 heteroatoms. The van der Waals surface area contributed by atoms with Crippen molar-refractivity contribution in [3.63, 3.8) is 0 Å². The number of rotatable bonds is 1. The van der Waals surface area contributed by atoms with E-state index < -0.39 is 0 Å². The fourth-order valence-electron chi connectivity index (χ4n) is 0.986. The first kappa shape index (κ1) is 8.95. The van der Waals surface area contributed by atoms with Gasteiger partial charge in [-0.3, -0.25) is 0 Å². The number of hydrogen-bond donors (Lipinski definition) is 1. The minimum Gasteiger partial charge on any atom is -0.496 e. The molecule has 0 radical (unpaired) electrons. The van der Waals surface area contributed by atoms with E-state index in [1.807, 2.05) is 13.0 Å². The zero-order valence-electron chi connectivity index (χ0n) is 6.96. The van der Waals surface area contributed by atoms with Crippen LogP contribution in [0.3, 0.4) is 0 Å². The highest BCUT2D eigenvalue weighted by Crippen LogP contribution is 2.27. The van der Waals surface area contributed by atoms with Crippen molar-refractivity contribution < 1.29 is 4.74 Å². The number of aryl methyl sites for hydroxylation is 1. The van der Waals surface area contributed by atoms with Crippen LogP contribution in [0.5, 0.6) is 5.75 Å². The SMILES string of the molecule is COc1cc(C)cc(C#N)c1S. The van der Waals surface area contributed by atoms with Gasteiger partial charge in [-0.05, 0) is 24.6 Å². The van der Waals surface area contributed by atoms with Crippen LogP contribution in [-0.2, 0) is 0 Å². The van der Waals surface area contributed by atoms with Crippen molar-refractivity contribution in [2.24, 2.45) is 0 Å². The highest BCUT2D eigenvalue weighted by Gasteiger charge is 2.05. The second-order valence-electron chi connectivity index (χ2n) is 2.48. The molecule has 1 rings (SSSR count). The van der Waals surface area contributed by atoms with E-state index in [0.717, 1.165) is 5.56 Å². The van der Waals surface area contributed by atoms with E-state index in [0.29, 0.717) is 16.2 Å². The van der Waals surface area contributed by atoms with Gasteiger partial charge in [0, 0.05) is 0 Å². The molecule has 0 heterocycles. The van der Waals surface area contributed by atoms with Crippen molar-refractivity contribution in [3.05, 3.63) is 23.3 Å². The third kappa shape index (κ3) is 1.54. The largest absolute Gasteiger partial charge is 0.496 e. The summed E-state index contributed by atoms with van der Waals surface area (Å²) in [5.41, 5.74) is 1.55. The van der Waals surface area contributed by atoms with Gasteiger partial charge >= 0.3 is 0 Å². The predicted molar refractivity (Wildman–Crippen MR) is 49.7 cm³/mol. The predicted octanol–water partition coefficient (Wildman–Crippen LogP) is 2.16. The molecular weight excluding hydrogens is 170 g/mol. The van der Waals surface area contributed by atoms with Crippen molar-refractivity contribution in [2.75, 3.05) is 7.11 Å². The summed E-state index contributed by atoms with van der Waals surface area (Å²) in [6.45, 7) is 1.91. The lowest BCUT2D eigenvalue weighted by molar-refractivity contribution is 0.404. The van der Waals surface area contributed by atoms with E-state index in [4.69, 9.17) is 10.00 Å². The van der Waals surface area contributed by atoms with Gasteiger partial charge in [-0.2, -0.15) is 5.26 Å². The van der Waals surface area contributed by atoms with Crippen LogP contribution in [0.25, 0.3) is 0 Å². The van der Waals surface area contributed by atoms with Gasteiger partial charge in [-0.1, -0.05) is 0 Å². The van der Waals surface area contributed by atoms with Crippen LogP contribution in [0.4, 0.5) is 0 Å². The molecule has 0 unspecified atom stereocenters. The lowest BCUT2D eigenvalue weighted by atomic mass is 10.1. The molecule has 0 saturated heterocycles. The molecule has 0 aliphatic heterocycles. The average molecular weight is 179 g/mol. The van der Waals surface area contributed by atoms with Gasteiger partial charge in [0.25, 0.3) is 0 Å². The maximum absolute atomic E-state index is 8.71. The Hall–Kier alpha value is -1.14. The number of hydrogen-bond acceptors (Lipinski definition) is 3.